The molecule has 1 aliphatic rings. The van der Waals surface area contributed by atoms with Crippen LogP contribution in [0.3, 0.4) is 0 Å². The number of hydrogen-bond donors (Lipinski definition) is 1. The Balaban J connectivity index is 2.16. The van der Waals surface area contributed by atoms with E-state index in [1.165, 1.54) is 7.11 Å². The highest BCUT2D eigenvalue weighted by molar-refractivity contribution is 5.67. The van der Waals surface area contributed by atoms with Crippen LogP contribution in [0.2, 0.25) is 0 Å². The first-order chi connectivity index (χ1) is 9.13. The molecular formula is C14H20N2O3. The Morgan fingerprint density at radius 1 is 1.37 bits per heavy atom. The number of amides is 1. The zero-order valence-electron chi connectivity index (χ0n) is 11.3. The van der Waals surface area contributed by atoms with Gasteiger partial charge < -0.3 is 20.1 Å². The van der Waals surface area contributed by atoms with Crippen molar-refractivity contribution in [2.24, 2.45) is 5.73 Å². The molecule has 19 heavy (non-hydrogen) atoms. The number of nitrogens with two attached hydrogens (primary N) is 1. The average Bonchev–Trinajstić information content (AvgIpc) is 2.45. The van der Waals surface area contributed by atoms with Crippen molar-refractivity contribution in [2.75, 3.05) is 27.3 Å². The van der Waals surface area contributed by atoms with Gasteiger partial charge in [-0.05, 0) is 24.1 Å². The molecule has 104 valence electrons. The summed E-state index contributed by atoms with van der Waals surface area (Å²) in [4.78, 5) is 13.3. The minimum Gasteiger partial charge on any atom is -0.497 e. The topological polar surface area (TPSA) is 64.8 Å². The maximum Gasteiger partial charge on any atom is 0.409 e. The number of hydrogen-bond acceptors (Lipinski definition) is 4. The lowest BCUT2D eigenvalue weighted by Crippen LogP contribution is -2.48. The van der Waals surface area contributed by atoms with E-state index in [1.807, 2.05) is 24.3 Å². The van der Waals surface area contributed by atoms with Gasteiger partial charge in [-0.2, -0.15) is 0 Å². The second-order valence-corrected chi connectivity index (χ2v) is 4.84. The molecule has 1 saturated heterocycles. The molecule has 1 aliphatic heterocycles. The van der Waals surface area contributed by atoms with Gasteiger partial charge in [-0.25, -0.2) is 4.79 Å². The van der Waals surface area contributed by atoms with Gasteiger partial charge in [-0.3, -0.25) is 0 Å². The molecule has 2 unspecified atom stereocenters. The van der Waals surface area contributed by atoms with Crippen LogP contribution in [0.4, 0.5) is 4.79 Å². The lowest BCUT2D eigenvalue weighted by Gasteiger charge is -2.35. The van der Waals surface area contributed by atoms with Crippen LogP contribution in [0.1, 0.15) is 17.9 Å². The van der Waals surface area contributed by atoms with Gasteiger partial charge in [0.1, 0.15) is 5.75 Å². The Morgan fingerprint density at radius 2 is 2.16 bits per heavy atom. The Hall–Kier alpha value is -1.75. The largest absolute Gasteiger partial charge is 0.497 e. The molecule has 5 heteroatoms. The fourth-order valence-corrected chi connectivity index (χ4v) is 2.55. The minimum atomic E-state index is -0.317. The van der Waals surface area contributed by atoms with E-state index in [-0.39, 0.29) is 18.1 Å². The molecule has 0 spiro atoms. The number of nitrogens with zero attached hydrogens (tertiary/aromatic N) is 1. The van der Waals surface area contributed by atoms with Gasteiger partial charge in [-0.1, -0.05) is 12.1 Å². The number of carbonyl (C=O) groups is 1. The van der Waals surface area contributed by atoms with Gasteiger partial charge in [0.05, 0.1) is 14.2 Å². The molecule has 1 heterocycles. The first kappa shape index (κ1) is 13.7. The molecule has 5 nitrogen and oxygen atoms in total. The highest BCUT2D eigenvalue weighted by atomic mass is 16.5. The van der Waals surface area contributed by atoms with Crippen LogP contribution in [-0.2, 0) is 4.74 Å². The number of rotatable bonds is 2. The summed E-state index contributed by atoms with van der Waals surface area (Å²) in [7, 11) is 3.04. The van der Waals surface area contributed by atoms with Crippen molar-refractivity contribution in [3.8, 4) is 5.75 Å². The van der Waals surface area contributed by atoms with Gasteiger partial charge in [0.25, 0.3) is 0 Å². The fraction of sp³-hybridized carbons (Fsp3) is 0.500. The smallest absolute Gasteiger partial charge is 0.409 e. The number of likely N-dealkylation sites (tertiary alicyclic amines) is 1. The maximum absolute atomic E-state index is 11.6. The van der Waals surface area contributed by atoms with Crippen molar-refractivity contribution in [3.63, 3.8) is 0 Å². The first-order valence-corrected chi connectivity index (χ1v) is 6.36. The third kappa shape index (κ3) is 3.17. The zero-order valence-corrected chi connectivity index (χ0v) is 11.3. The molecule has 1 fully saturated rings. The molecule has 0 aliphatic carbocycles. The summed E-state index contributed by atoms with van der Waals surface area (Å²) in [5.41, 5.74) is 7.18. The quantitative estimate of drug-likeness (QED) is 0.880. The third-order valence-electron chi connectivity index (χ3n) is 3.48. The van der Waals surface area contributed by atoms with Crippen LogP contribution in [0.5, 0.6) is 5.75 Å². The van der Waals surface area contributed by atoms with Crippen molar-refractivity contribution in [3.05, 3.63) is 29.8 Å². The second-order valence-electron chi connectivity index (χ2n) is 4.84. The summed E-state index contributed by atoms with van der Waals surface area (Å²) in [5, 5.41) is 0. The summed E-state index contributed by atoms with van der Waals surface area (Å²) in [5.74, 6) is 1.04. The highest BCUT2D eigenvalue weighted by Gasteiger charge is 2.29. The predicted molar refractivity (Wildman–Crippen MR) is 72.3 cm³/mol. The lowest BCUT2D eigenvalue weighted by molar-refractivity contribution is 0.106. The standard InChI is InChI=1S/C14H20N2O3/c1-18-13-5-3-4-10(7-13)11-6-12(15)9-16(8-11)14(17)19-2/h3-5,7,11-12H,6,8-9,15H2,1-2H3. The molecule has 1 aromatic rings. The lowest BCUT2D eigenvalue weighted by atomic mass is 9.88. The zero-order chi connectivity index (χ0) is 13.8. The van der Waals surface area contributed by atoms with Gasteiger partial charge >= 0.3 is 6.09 Å². The molecule has 0 aromatic heterocycles. The Bertz CT molecular complexity index is 450. The van der Waals surface area contributed by atoms with Crippen LogP contribution in [-0.4, -0.2) is 44.3 Å². The number of carbonyl (C=O) groups excluding carboxylic acids is 1. The molecule has 0 bridgehead atoms. The molecular weight excluding hydrogens is 244 g/mol. The minimum absolute atomic E-state index is 0.0240. The Morgan fingerprint density at radius 3 is 2.84 bits per heavy atom. The molecule has 0 radical (unpaired) electrons. The number of ether oxygens (including phenoxy) is 2. The van der Waals surface area contributed by atoms with E-state index in [9.17, 15) is 4.79 Å². The molecule has 2 atom stereocenters. The maximum atomic E-state index is 11.6. The van der Waals surface area contributed by atoms with Gasteiger partial charge in [0.2, 0.25) is 0 Å². The summed E-state index contributed by atoms with van der Waals surface area (Å²) < 4.78 is 10.0. The summed E-state index contributed by atoms with van der Waals surface area (Å²) in [6.45, 7) is 1.18. The SMILES string of the molecule is COC(=O)N1CC(N)CC(c2cccc(OC)c2)C1. The number of piperidine rings is 1. The fourth-order valence-electron chi connectivity index (χ4n) is 2.55. The third-order valence-corrected chi connectivity index (χ3v) is 3.48. The van der Waals surface area contributed by atoms with Crippen molar-refractivity contribution in [1.29, 1.82) is 0 Å². The van der Waals surface area contributed by atoms with Crippen molar-refractivity contribution < 1.29 is 14.3 Å². The van der Waals surface area contributed by atoms with E-state index in [4.69, 9.17) is 15.2 Å². The molecule has 2 N–H and O–H groups in total. The van der Waals surface area contributed by atoms with Crippen LogP contribution >= 0.6 is 0 Å². The Kier molecular flexibility index (Phi) is 4.27. The van der Waals surface area contributed by atoms with E-state index in [0.29, 0.717) is 13.1 Å². The average molecular weight is 264 g/mol. The molecule has 1 aromatic carbocycles. The monoisotopic (exact) mass is 264 g/mol. The number of methoxy groups -OCH3 is 2. The van der Waals surface area contributed by atoms with E-state index in [1.54, 1.807) is 12.0 Å². The van der Waals surface area contributed by atoms with E-state index >= 15 is 0 Å². The number of benzene rings is 1. The van der Waals surface area contributed by atoms with Crippen LogP contribution in [0.25, 0.3) is 0 Å². The second kappa shape index (κ2) is 5.93. The van der Waals surface area contributed by atoms with Crippen LogP contribution < -0.4 is 10.5 Å². The van der Waals surface area contributed by atoms with Crippen molar-refractivity contribution in [2.45, 2.75) is 18.4 Å². The highest BCUT2D eigenvalue weighted by Crippen LogP contribution is 2.28. The first-order valence-electron chi connectivity index (χ1n) is 6.36. The van der Waals surface area contributed by atoms with Crippen molar-refractivity contribution in [1.82, 2.24) is 4.90 Å². The van der Waals surface area contributed by atoms with E-state index < -0.39 is 0 Å². The summed E-state index contributed by atoms with van der Waals surface area (Å²) >= 11 is 0. The van der Waals surface area contributed by atoms with Crippen LogP contribution in [0.15, 0.2) is 24.3 Å². The molecule has 1 amide bonds. The van der Waals surface area contributed by atoms with E-state index in [2.05, 4.69) is 0 Å². The van der Waals surface area contributed by atoms with Crippen LogP contribution in [0, 0.1) is 0 Å². The summed E-state index contributed by atoms with van der Waals surface area (Å²) in [6.07, 6.45) is 0.545. The van der Waals surface area contributed by atoms with Crippen molar-refractivity contribution >= 4 is 6.09 Å². The Labute approximate surface area is 113 Å². The molecule has 0 saturated carbocycles. The van der Waals surface area contributed by atoms with Gasteiger partial charge in [-0.15, -0.1) is 0 Å². The molecule has 2 rings (SSSR count). The summed E-state index contributed by atoms with van der Waals surface area (Å²) in [6, 6.07) is 7.88. The van der Waals surface area contributed by atoms with Gasteiger partial charge in [0, 0.05) is 25.0 Å². The predicted octanol–water partition coefficient (Wildman–Crippen LogP) is 1.58. The van der Waals surface area contributed by atoms with E-state index in [0.717, 1.165) is 17.7 Å². The van der Waals surface area contributed by atoms with Gasteiger partial charge in [0.15, 0.2) is 0 Å². The normalized spacial score (nSPS) is 23.0.